The predicted octanol–water partition coefficient (Wildman–Crippen LogP) is 1.55. The van der Waals surface area contributed by atoms with E-state index >= 15 is 0 Å². The summed E-state index contributed by atoms with van der Waals surface area (Å²) < 4.78 is 4.88. The minimum Gasteiger partial charge on any atom is -0.504 e. The summed E-state index contributed by atoms with van der Waals surface area (Å²) in [6.07, 6.45) is 0. The lowest BCUT2D eigenvalue weighted by atomic mass is 10.2. The maximum Gasteiger partial charge on any atom is 0.160 e. The Hall–Kier alpha value is -0.930. The number of aromatic hydroxyl groups is 1. The highest BCUT2D eigenvalue weighted by Gasteiger charge is 1.99. The average molecular weight is 189 g/mol. The molecule has 0 aromatic heterocycles. The van der Waals surface area contributed by atoms with E-state index in [-0.39, 0.29) is 18.2 Å². The summed E-state index contributed by atoms with van der Waals surface area (Å²) in [7, 11) is 1.51. The van der Waals surface area contributed by atoms with E-state index in [1.807, 2.05) is 0 Å². The summed E-state index contributed by atoms with van der Waals surface area (Å²) in [6.45, 7) is 0.455. The third kappa shape index (κ3) is 2.29. The zero-order valence-electron chi connectivity index (χ0n) is 6.75. The molecule has 0 saturated carbocycles. The van der Waals surface area contributed by atoms with Crippen molar-refractivity contribution < 1.29 is 9.84 Å². The summed E-state index contributed by atoms with van der Waals surface area (Å²) in [5.41, 5.74) is 6.33. The van der Waals surface area contributed by atoms with Crippen LogP contribution in [0.25, 0.3) is 0 Å². The number of nitrogens with two attached hydrogens (primary N) is 1. The summed E-state index contributed by atoms with van der Waals surface area (Å²) in [6, 6.07) is 5.05. The van der Waals surface area contributed by atoms with Gasteiger partial charge in [0.2, 0.25) is 0 Å². The third-order valence-electron chi connectivity index (χ3n) is 1.48. The van der Waals surface area contributed by atoms with Crippen LogP contribution in [0.4, 0.5) is 0 Å². The Bertz CT molecular complexity index is 253. The second kappa shape index (κ2) is 4.85. The molecule has 0 saturated heterocycles. The van der Waals surface area contributed by atoms with Gasteiger partial charge in [-0.3, -0.25) is 0 Å². The lowest BCUT2D eigenvalue weighted by Crippen LogP contribution is -1.96. The molecule has 0 fully saturated rings. The SMILES string of the molecule is COc1cc(CN)ccc1O.[Cl]. The van der Waals surface area contributed by atoms with Gasteiger partial charge in [0.1, 0.15) is 0 Å². The first-order valence-electron chi connectivity index (χ1n) is 3.34. The standard InChI is InChI=1S/C8H11NO2.Cl/c1-11-8-4-6(5-9)2-3-7(8)10;/h2-4,10H,5,9H2,1H3;. The monoisotopic (exact) mass is 188 g/mol. The summed E-state index contributed by atoms with van der Waals surface area (Å²) >= 11 is 0. The molecule has 0 atom stereocenters. The van der Waals surface area contributed by atoms with Gasteiger partial charge in [-0.2, -0.15) is 0 Å². The highest BCUT2D eigenvalue weighted by atomic mass is 35.5. The lowest BCUT2D eigenvalue weighted by molar-refractivity contribution is 0.373. The largest absolute Gasteiger partial charge is 0.504 e. The van der Waals surface area contributed by atoms with Gasteiger partial charge in [0.25, 0.3) is 0 Å². The van der Waals surface area contributed by atoms with E-state index in [0.29, 0.717) is 12.3 Å². The highest BCUT2D eigenvalue weighted by Crippen LogP contribution is 2.25. The van der Waals surface area contributed by atoms with Crippen LogP contribution in [-0.2, 0) is 6.54 Å². The molecule has 0 aliphatic rings. The Kier molecular flexibility index (Phi) is 4.47. The van der Waals surface area contributed by atoms with Crippen molar-refractivity contribution in [2.45, 2.75) is 6.54 Å². The molecular weight excluding hydrogens is 178 g/mol. The van der Waals surface area contributed by atoms with E-state index in [9.17, 15) is 0 Å². The van der Waals surface area contributed by atoms with Crippen LogP contribution >= 0.6 is 12.4 Å². The number of rotatable bonds is 2. The van der Waals surface area contributed by atoms with Crippen LogP contribution in [-0.4, -0.2) is 12.2 Å². The minimum atomic E-state index is 0. The van der Waals surface area contributed by atoms with Crippen molar-refractivity contribution in [3.8, 4) is 11.5 Å². The summed E-state index contributed by atoms with van der Waals surface area (Å²) in [5.74, 6) is 0.609. The fraction of sp³-hybridized carbons (Fsp3) is 0.250. The summed E-state index contributed by atoms with van der Waals surface area (Å²) in [5, 5.41) is 9.16. The number of phenols is 1. The Morgan fingerprint density at radius 3 is 2.67 bits per heavy atom. The van der Waals surface area contributed by atoms with Crippen LogP contribution in [0.5, 0.6) is 11.5 Å². The van der Waals surface area contributed by atoms with Gasteiger partial charge in [-0.05, 0) is 17.7 Å². The molecular formula is C8H11ClNO2. The molecule has 0 aliphatic heterocycles. The fourth-order valence-corrected chi connectivity index (χ4v) is 0.849. The van der Waals surface area contributed by atoms with Crippen molar-refractivity contribution in [2.75, 3.05) is 7.11 Å². The quantitative estimate of drug-likeness (QED) is 0.741. The molecule has 0 unspecified atom stereocenters. The van der Waals surface area contributed by atoms with Crippen LogP contribution in [0.2, 0.25) is 0 Å². The zero-order chi connectivity index (χ0) is 8.27. The molecule has 1 radical (unpaired) electrons. The first kappa shape index (κ1) is 11.1. The molecule has 0 bridgehead atoms. The molecule has 0 aliphatic carbocycles. The molecule has 1 rings (SSSR count). The van der Waals surface area contributed by atoms with E-state index in [1.165, 1.54) is 7.11 Å². The molecule has 3 nitrogen and oxygen atoms in total. The van der Waals surface area contributed by atoms with Gasteiger partial charge in [0.15, 0.2) is 11.5 Å². The molecule has 4 heteroatoms. The van der Waals surface area contributed by atoms with Gasteiger partial charge in [-0.15, -0.1) is 0 Å². The van der Waals surface area contributed by atoms with Gasteiger partial charge in [0.05, 0.1) is 7.11 Å². The molecule has 0 spiro atoms. The van der Waals surface area contributed by atoms with Crippen molar-refractivity contribution in [2.24, 2.45) is 5.73 Å². The normalized spacial score (nSPS) is 8.83. The van der Waals surface area contributed by atoms with Crippen molar-refractivity contribution in [3.63, 3.8) is 0 Å². The first-order chi connectivity index (χ1) is 5.27. The van der Waals surface area contributed by atoms with Crippen molar-refractivity contribution in [3.05, 3.63) is 23.8 Å². The van der Waals surface area contributed by atoms with E-state index in [2.05, 4.69) is 0 Å². The molecule has 0 heterocycles. The van der Waals surface area contributed by atoms with Crippen molar-refractivity contribution in [1.82, 2.24) is 0 Å². The van der Waals surface area contributed by atoms with Crippen LogP contribution in [0, 0.1) is 0 Å². The maximum absolute atomic E-state index is 9.16. The summed E-state index contributed by atoms with van der Waals surface area (Å²) in [4.78, 5) is 0. The second-order valence-corrected chi connectivity index (χ2v) is 2.21. The molecule has 1 aromatic carbocycles. The number of methoxy groups -OCH3 is 1. The number of benzene rings is 1. The number of ether oxygens (including phenoxy) is 1. The Labute approximate surface area is 77.6 Å². The smallest absolute Gasteiger partial charge is 0.160 e. The topological polar surface area (TPSA) is 55.5 Å². The molecule has 3 N–H and O–H groups in total. The molecule has 0 amide bonds. The Morgan fingerprint density at radius 1 is 1.50 bits per heavy atom. The van der Waals surface area contributed by atoms with Crippen LogP contribution in [0.3, 0.4) is 0 Å². The number of hydrogen-bond acceptors (Lipinski definition) is 3. The molecule has 67 valence electrons. The van der Waals surface area contributed by atoms with Gasteiger partial charge < -0.3 is 15.6 Å². The van der Waals surface area contributed by atoms with Crippen LogP contribution in [0.1, 0.15) is 5.56 Å². The average Bonchev–Trinajstić information content (AvgIpc) is 2.05. The molecule has 12 heavy (non-hydrogen) atoms. The Morgan fingerprint density at radius 2 is 2.17 bits per heavy atom. The van der Waals surface area contributed by atoms with Gasteiger partial charge in [-0.1, -0.05) is 6.07 Å². The van der Waals surface area contributed by atoms with Crippen molar-refractivity contribution in [1.29, 1.82) is 0 Å². The molecule has 1 aromatic rings. The minimum absolute atomic E-state index is 0. The van der Waals surface area contributed by atoms with Crippen LogP contribution in [0.15, 0.2) is 18.2 Å². The third-order valence-corrected chi connectivity index (χ3v) is 1.48. The predicted molar refractivity (Wildman–Crippen MR) is 48.4 cm³/mol. The number of phenolic OH excluding ortho intramolecular Hbond substituents is 1. The van der Waals surface area contributed by atoms with Gasteiger partial charge in [-0.25, -0.2) is 0 Å². The Balaban J connectivity index is 0.00000121. The van der Waals surface area contributed by atoms with E-state index < -0.39 is 0 Å². The first-order valence-corrected chi connectivity index (χ1v) is 3.34. The fourth-order valence-electron chi connectivity index (χ4n) is 0.849. The van der Waals surface area contributed by atoms with E-state index in [1.54, 1.807) is 18.2 Å². The maximum atomic E-state index is 9.16. The van der Waals surface area contributed by atoms with Crippen molar-refractivity contribution >= 4 is 12.4 Å². The van der Waals surface area contributed by atoms with Crippen LogP contribution < -0.4 is 10.5 Å². The van der Waals surface area contributed by atoms with Gasteiger partial charge >= 0.3 is 0 Å². The second-order valence-electron chi connectivity index (χ2n) is 2.21. The van der Waals surface area contributed by atoms with E-state index in [0.717, 1.165) is 5.56 Å². The van der Waals surface area contributed by atoms with Gasteiger partial charge in [0, 0.05) is 19.0 Å². The zero-order valence-corrected chi connectivity index (χ0v) is 7.51. The number of hydrogen-bond donors (Lipinski definition) is 2. The highest BCUT2D eigenvalue weighted by molar-refractivity contribution is 5.85. The lowest BCUT2D eigenvalue weighted by Gasteiger charge is -2.03. The number of halogens is 1. The van der Waals surface area contributed by atoms with E-state index in [4.69, 9.17) is 15.6 Å².